The van der Waals surface area contributed by atoms with Gasteiger partial charge in [-0.05, 0) is 37.1 Å². The molecule has 1 fully saturated rings. The lowest BCUT2D eigenvalue weighted by Crippen LogP contribution is -2.30. The molecule has 2 N–H and O–H groups in total. The average molecular weight is 258 g/mol. The van der Waals surface area contributed by atoms with Crippen molar-refractivity contribution >= 4 is 10.0 Å². The number of rotatable bonds is 3. The average Bonchev–Trinajstić information content (AvgIpc) is 2.78. The van der Waals surface area contributed by atoms with Crippen LogP contribution in [0.5, 0.6) is 0 Å². The summed E-state index contributed by atoms with van der Waals surface area (Å²) in [5, 5.41) is 0. The SMILES string of the molecule is NC[C@H]1CCN(S(=O)(=O)c2cccc(F)c2)C1. The Kier molecular flexibility index (Phi) is 3.46. The monoisotopic (exact) mass is 258 g/mol. The number of nitrogens with two attached hydrogens (primary N) is 1. The van der Waals surface area contributed by atoms with Gasteiger partial charge >= 0.3 is 0 Å². The molecule has 4 nitrogen and oxygen atoms in total. The van der Waals surface area contributed by atoms with Gasteiger partial charge in [0.25, 0.3) is 0 Å². The van der Waals surface area contributed by atoms with Crippen LogP contribution in [0.25, 0.3) is 0 Å². The molecule has 0 bridgehead atoms. The summed E-state index contributed by atoms with van der Waals surface area (Å²) in [4.78, 5) is 0.00942. The molecule has 1 atom stereocenters. The minimum absolute atomic E-state index is 0.00942. The Morgan fingerprint density at radius 3 is 2.82 bits per heavy atom. The van der Waals surface area contributed by atoms with Gasteiger partial charge in [0.2, 0.25) is 10.0 Å². The maximum absolute atomic E-state index is 13.0. The molecule has 0 radical (unpaired) electrons. The van der Waals surface area contributed by atoms with Crippen molar-refractivity contribution in [1.29, 1.82) is 0 Å². The van der Waals surface area contributed by atoms with Crippen molar-refractivity contribution in [1.82, 2.24) is 4.31 Å². The summed E-state index contributed by atoms with van der Waals surface area (Å²) >= 11 is 0. The van der Waals surface area contributed by atoms with Gasteiger partial charge in [-0.3, -0.25) is 0 Å². The van der Waals surface area contributed by atoms with E-state index in [1.54, 1.807) is 0 Å². The predicted molar refractivity (Wildman–Crippen MR) is 62.3 cm³/mol. The van der Waals surface area contributed by atoms with Gasteiger partial charge in [-0.2, -0.15) is 4.31 Å². The summed E-state index contributed by atoms with van der Waals surface area (Å²) < 4.78 is 38.7. The minimum atomic E-state index is -3.57. The molecule has 0 amide bonds. The van der Waals surface area contributed by atoms with Crippen LogP contribution in [0.3, 0.4) is 0 Å². The Labute approximate surface area is 100 Å². The van der Waals surface area contributed by atoms with Crippen LogP contribution in [0.1, 0.15) is 6.42 Å². The molecular formula is C11H15FN2O2S. The van der Waals surface area contributed by atoms with Gasteiger partial charge in [0.1, 0.15) is 5.82 Å². The second-order valence-corrected chi connectivity index (χ2v) is 6.15. The second kappa shape index (κ2) is 4.72. The first-order valence-corrected chi connectivity index (χ1v) is 6.94. The zero-order valence-corrected chi connectivity index (χ0v) is 10.2. The standard InChI is InChI=1S/C11H15FN2O2S/c12-10-2-1-3-11(6-10)17(15,16)14-5-4-9(7-13)8-14/h1-3,6,9H,4-5,7-8,13H2/t9-/m1/s1. The van der Waals surface area contributed by atoms with Crippen molar-refractivity contribution in [3.63, 3.8) is 0 Å². The smallest absolute Gasteiger partial charge is 0.243 e. The summed E-state index contributed by atoms with van der Waals surface area (Å²) in [5.41, 5.74) is 5.52. The molecule has 1 heterocycles. The quantitative estimate of drug-likeness (QED) is 0.872. The Morgan fingerprint density at radius 2 is 2.24 bits per heavy atom. The molecule has 94 valence electrons. The fraction of sp³-hybridized carbons (Fsp3) is 0.455. The lowest BCUT2D eigenvalue weighted by Gasteiger charge is -2.16. The zero-order chi connectivity index (χ0) is 12.5. The number of benzene rings is 1. The molecule has 0 spiro atoms. The van der Waals surface area contributed by atoms with E-state index in [-0.39, 0.29) is 10.8 Å². The highest BCUT2D eigenvalue weighted by atomic mass is 32.2. The molecule has 1 aromatic carbocycles. The third kappa shape index (κ3) is 2.48. The first-order valence-electron chi connectivity index (χ1n) is 5.50. The number of nitrogens with zero attached hydrogens (tertiary/aromatic N) is 1. The van der Waals surface area contributed by atoms with Crippen LogP contribution in [-0.4, -0.2) is 32.4 Å². The minimum Gasteiger partial charge on any atom is -0.330 e. The van der Waals surface area contributed by atoms with Crippen molar-refractivity contribution < 1.29 is 12.8 Å². The van der Waals surface area contributed by atoms with Gasteiger partial charge in [-0.1, -0.05) is 6.07 Å². The van der Waals surface area contributed by atoms with Crippen LogP contribution >= 0.6 is 0 Å². The Balaban J connectivity index is 2.25. The van der Waals surface area contributed by atoms with E-state index >= 15 is 0 Å². The van der Waals surface area contributed by atoms with E-state index in [1.165, 1.54) is 22.5 Å². The van der Waals surface area contributed by atoms with Crippen molar-refractivity contribution in [3.8, 4) is 0 Å². The number of sulfonamides is 1. The fourth-order valence-corrected chi connectivity index (χ4v) is 3.55. The molecular weight excluding hydrogens is 243 g/mol. The van der Waals surface area contributed by atoms with Crippen LogP contribution in [0.2, 0.25) is 0 Å². The molecule has 1 aliphatic heterocycles. The molecule has 0 aliphatic carbocycles. The summed E-state index contributed by atoms with van der Waals surface area (Å²) in [6, 6.07) is 5.09. The summed E-state index contributed by atoms with van der Waals surface area (Å²) in [5.74, 6) is -0.334. The molecule has 1 aliphatic rings. The molecule has 0 saturated carbocycles. The van der Waals surface area contributed by atoms with Crippen LogP contribution in [0.15, 0.2) is 29.2 Å². The molecule has 0 aromatic heterocycles. The van der Waals surface area contributed by atoms with Crippen molar-refractivity contribution in [3.05, 3.63) is 30.1 Å². The van der Waals surface area contributed by atoms with Gasteiger partial charge in [-0.25, -0.2) is 12.8 Å². The van der Waals surface area contributed by atoms with Crippen LogP contribution in [0, 0.1) is 11.7 Å². The molecule has 2 rings (SSSR count). The topological polar surface area (TPSA) is 63.4 Å². The van der Waals surface area contributed by atoms with Crippen molar-refractivity contribution in [2.75, 3.05) is 19.6 Å². The molecule has 17 heavy (non-hydrogen) atoms. The van der Waals surface area contributed by atoms with Gasteiger partial charge in [-0.15, -0.1) is 0 Å². The van der Waals surface area contributed by atoms with Crippen molar-refractivity contribution in [2.24, 2.45) is 11.7 Å². The highest BCUT2D eigenvalue weighted by Crippen LogP contribution is 2.23. The van der Waals surface area contributed by atoms with Gasteiger partial charge in [0, 0.05) is 13.1 Å². The molecule has 1 aromatic rings. The van der Waals surface area contributed by atoms with E-state index in [2.05, 4.69) is 0 Å². The summed E-state index contributed by atoms with van der Waals surface area (Å²) in [7, 11) is -3.57. The van der Waals surface area contributed by atoms with Crippen LogP contribution < -0.4 is 5.73 Å². The van der Waals surface area contributed by atoms with Gasteiger partial charge < -0.3 is 5.73 Å². The maximum atomic E-state index is 13.0. The van der Waals surface area contributed by atoms with Crippen LogP contribution in [-0.2, 0) is 10.0 Å². The lowest BCUT2D eigenvalue weighted by atomic mass is 10.1. The van der Waals surface area contributed by atoms with E-state index < -0.39 is 15.8 Å². The highest BCUT2D eigenvalue weighted by molar-refractivity contribution is 7.89. The highest BCUT2D eigenvalue weighted by Gasteiger charge is 2.31. The Morgan fingerprint density at radius 1 is 1.47 bits per heavy atom. The van der Waals surface area contributed by atoms with E-state index in [1.807, 2.05) is 0 Å². The van der Waals surface area contributed by atoms with E-state index in [0.717, 1.165) is 12.5 Å². The first-order chi connectivity index (χ1) is 8.04. The Bertz CT molecular complexity index is 504. The van der Waals surface area contributed by atoms with E-state index in [0.29, 0.717) is 19.6 Å². The first kappa shape index (κ1) is 12.5. The van der Waals surface area contributed by atoms with E-state index in [9.17, 15) is 12.8 Å². The molecule has 0 unspecified atom stereocenters. The van der Waals surface area contributed by atoms with Gasteiger partial charge in [0.15, 0.2) is 0 Å². The number of halogens is 1. The van der Waals surface area contributed by atoms with Gasteiger partial charge in [0.05, 0.1) is 4.90 Å². The lowest BCUT2D eigenvalue weighted by molar-refractivity contribution is 0.458. The maximum Gasteiger partial charge on any atom is 0.243 e. The van der Waals surface area contributed by atoms with Crippen molar-refractivity contribution in [2.45, 2.75) is 11.3 Å². The predicted octanol–water partition coefficient (Wildman–Crippen LogP) is 0.795. The fourth-order valence-electron chi connectivity index (χ4n) is 1.98. The Hall–Kier alpha value is -0.980. The van der Waals surface area contributed by atoms with E-state index in [4.69, 9.17) is 5.73 Å². The zero-order valence-electron chi connectivity index (χ0n) is 9.34. The molecule has 6 heteroatoms. The molecule has 1 saturated heterocycles. The second-order valence-electron chi connectivity index (χ2n) is 4.21. The van der Waals surface area contributed by atoms with Crippen LogP contribution in [0.4, 0.5) is 4.39 Å². The largest absolute Gasteiger partial charge is 0.330 e. The summed E-state index contributed by atoms with van der Waals surface area (Å²) in [6.45, 7) is 1.37. The third-order valence-electron chi connectivity index (χ3n) is 3.02. The number of hydrogen-bond acceptors (Lipinski definition) is 3. The third-order valence-corrected chi connectivity index (χ3v) is 4.88. The summed E-state index contributed by atoms with van der Waals surface area (Å²) in [6.07, 6.45) is 0.769. The normalized spacial score (nSPS) is 21.9. The number of hydrogen-bond donors (Lipinski definition) is 1.